The summed E-state index contributed by atoms with van der Waals surface area (Å²) < 4.78 is 0. The molecule has 1 N–H and O–H groups in total. The molecule has 3 heteroatoms. The maximum Gasteiger partial charge on any atom is 0.0227 e. The number of fused-ring (bicyclic) bond motifs is 1. The van der Waals surface area contributed by atoms with Crippen LogP contribution in [-0.4, -0.2) is 60.6 Å². The first-order chi connectivity index (χ1) is 8.74. The third-order valence-corrected chi connectivity index (χ3v) is 5.25. The Kier molecular flexibility index (Phi) is 3.92. The molecule has 0 spiro atoms. The number of piperazine rings is 1. The summed E-state index contributed by atoms with van der Waals surface area (Å²) in [5.41, 5.74) is 0. The molecule has 3 fully saturated rings. The monoisotopic (exact) mass is 251 g/mol. The second kappa shape index (κ2) is 5.48. The summed E-state index contributed by atoms with van der Waals surface area (Å²) in [4.78, 5) is 5.57. The number of hydrogen-bond donors (Lipinski definition) is 1. The first kappa shape index (κ1) is 12.9. The molecule has 0 aromatic rings. The lowest BCUT2D eigenvalue weighted by molar-refractivity contribution is -0.0167. The van der Waals surface area contributed by atoms with E-state index in [2.05, 4.69) is 29.0 Å². The fourth-order valence-electron chi connectivity index (χ4n) is 4.26. The molecule has 0 aromatic carbocycles. The first-order valence-corrected chi connectivity index (χ1v) is 7.94. The average molecular weight is 251 g/mol. The second-order valence-electron chi connectivity index (χ2n) is 6.84. The van der Waals surface area contributed by atoms with E-state index in [1.807, 2.05) is 0 Å². The quantitative estimate of drug-likeness (QED) is 0.763. The standard InChI is InChI=1S/C15H29N3/c1-12-7-15(9-16-8-12)18-11-14-5-3-4-6-17(14)10-13(18)2/h12-16H,3-11H2,1-2H3. The molecule has 0 saturated carbocycles. The predicted molar refractivity (Wildman–Crippen MR) is 75.8 cm³/mol. The van der Waals surface area contributed by atoms with Gasteiger partial charge in [0.2, 0.25) is 0 Å². The van der Waals surface area contributed by atoms with Gasteiger partial charge < -0.3 is 5.32 Å². The van der Waals surface area contributed by atoms with Crippen molar-refractivity contribution in [3.63, 3.8) is 0 Å². The van der Waals surface area contributed by atoms with Crippen molar-refractivity contribution in [1.82, 2.24) is 15.1 Å². The molecule has 3 saturated heterocycles. The van der Waals surface area contributed by atoms with E-state index < -0.39 is 0 Å². The molecule has 3 aliphatic heterocycles. The summed E-state index contributed by atoms with van der Waals surface area (Å²) in [5, 5.41) is 3.62. The number of nitrogens with one attached hydrogen (secondary N) is 1. The van der Waals surface area contributed by atoms with Crippen LogP contribution in [0.4, 0.5) is 0 Å². The summed E-state index contributed by atoms with van der Waals surface area (Å²) in [6.07, 6.45) is 5.69. The van der Waals surface area contributed by atoms with Crippen LogP contribution < -0.4 is 5.32 Å². The summed E-state index contributed by atoms with van der Waals surface area (Å²) >= 11 is 0. The Balaban J connectivity index is 1.64. The van der Waals surface area contributed by atoms with E-state index >= 15 is 0 Å². The topological polar surface area (TPSA) is 18.5 Å². The summed E-state index contributed by atoms with van der Waals surface area (Å²) in [6.45, 7) is 11.2. The number of nitrogens with zero attached hydrogens (tertiary/aromatic N) is 2. The zero-order valence-electron chi connectivity index (χ0n) is 12.1. The minimum absolute atomic E-state index is 0.747. The molecule has 3 nitrogen and oxygen atoms in total. The Morgan fingerprint density at radius 1 is 1.00 bits per heavy atom. The van der Waals surface area contributed by atoms with Crippen LogP contribution >= 0.6 is 0 Å². The molecule has 104 valence electrons. The smallest absolute Gasteiger partial charge is 0.0227 e. The molecule has 0 aromatic heterocycles. The third-order valence-electron chi connectivity index (χ3n) is 5.25. The predicted octanol–water partition coefficient (Wildman–Crippen LogP) is 1.54. The third kappa shape index (κ3) is 2.59. The lowest BCUT2D eigenvalue weighted by atomic mass is 9.91. The molecule has 3 rings (SSSR count). The minimum atomic E-state index is 0.747. The second-order valence-corrected chi connectivity index (χ2v) is 6.84. The highest BCUT2D eigenvalue weighted by molar-refractivity contribution is 4.94. The van der Waals surface area contributed by atoms with Gasteiger partial charge in [-0.05, 0) is 45.2 Å². The largest absolute Gasteiger partial charge is 0.315 e. The van der Waals surface area contributed by atoms with Gasteiger partial charge in [-0.15, -0.1) is 0 Å². The highest BCUT2D eigenvalue weighted by Gasteiger charge is 2.37. The molecule has 4 unspecified atom stereocenters. The van der Waals surface area contributed by atoms with Crippen molar-refractivity contribution in [2.75, 3.05) is 32.7 Å². The van der Waals surface area contributed by atoms with Gasteiger partial charge in [-0.2, -0.15) is 0 Å². The van der Waals surface area contributed by atoms with E-state index in [9.17, 15) is 0 Å². The molecule has 18 heavy (non-hydrogen) atoms. The maximum atomic E-state index is 3.62. The van der Waals surface area contributed by atoms with Gasteiger partial charge >= 0.3 is 0 Å². The van der Waals surface area contributed by atoms with E-state index in [0.717, 1.165) is 24.0 Å². The van der Waals surface area contributed by atoms with Crippen LogP contribution in [0.5, 0.6) is 0 Å². The van der Waals surface area contributed by atoms with E-state index in [4.69, 9.17) is 0 Å². The van der Waals surface area contributed by atoms with Crippen LogP contribution in [-0.2, 0) is 0 Å². The zero-order valence-corrected chi connectivity index (χ0v) is 12.1. The summed E-state index contributed by atoms with van der Waals surface area (Å²) in [5.74, 6) is 0.848. The fourth-order valence-corrected chi connectivity index (χ4v) is 4.26. The Hall–Kier alpha value is -0.120. The molecule has 3 heterocycles. The summed E-state index contributed by atoms with van der Waals surface area (Å²) in [6, 6.07) is 2.39. The van der Waals surface area contributed by atoms with Gasteiger partial charge in [-0.25, -0.2) is 0 Å². The molecule has 0 aliphatic carbocycles. The average Bonchev–Trinajstić information content (AvgIpc) is 2.38. The van der Waals surface area contributed by atoms with Crippen molar-refractivity contribution in [2.24, 2.45) is 5.92 Å². The van der Waals surface area contributed by atoms with Gasteiger partial charge in [-0.1, -0.05) is 13.3 Å². The molecule has 4 atom stereocenters. The zero-order chi connectivity index (χ0) is 12.5. The fraction of sp³-hybridized carbons (Fsp3) is 1.00. The molecule has 0 bridgehead atoms. The summed E-state index contributed by atoms with van der Waals surface area (Å²) in [7, 11) is 0. The SMILES string of the molecule is CC1CNCC(N2CC3CCCCN3CC2C)C1. The highest BCUT2D eigenvalue weighted by atomic mass is 15.3. The van der Waals surface area contributed by atoms with Crippen LogP contribution in [0.1, 0.15) is 39.5 Å². The van der Waals surface area contributed by atoms with E-state index in [0.29, 0.717) is 0 Å². The van der Waals surface area contributed by atoms with Gasteiger partial charge in [0.15, 0.2) is 0 Å². The van der Waals surface area contributed by atoms with E-state index in [-0.39, 0.29) is 0 Å². The van der Waals surface area contributed by atoms with Crippen LogP contribution in [0.2, 0.25) is 0 Å². The van der Waals surface area contributed by atoms with Crippen LogP contribution in [0, 0.1) is 5.92 Å². The van der Waals surface area contributed by atoms with Crippen molar-refractivity contribution in [3.8, 4) is 0 Å². The normalized spacial score (nSPS) is 43.7. The maximum absolute atomic E-state index is 3.62. The lowest BCUT2D eigenvalue weighted by Gasteiger charge is -2.51. The Bertz CT molecular complexity index is 281. The van der Waals surface area contributed by atoms with Crippen LogP contribution in [0.3, 0.4) is 0 Å². The first-order valence-electron chi connectivity index (χ1n) is 7.94. The van der Waals surface area contributed by atoms with Crippen molar-refractivity contribution in [1.29, 1.82) is 0 Å². The number of rotatable bonds is 1. The van der Waals surface area contributed by atoms with Gasteiger partial charge in [0.25, 0.3) is 0 Å². The van der Waals surface area contributed by atoms with Crippen molar-refractivity contribution in [3.05, 3.63) is 0 Å². The van der Waals surface area contributed by atoms with Gasteiger partial charge in [-0.3, -0.25) is 9.80 Å². The van der Waals surface area contributed by atoms with Gasteiger partial charge in [0.05, 0.1) is 0 Å². The lowest BCUT2D eigenvalue weighted by Crippen LogP contribution is -2.63. The Morgan fingerprint density at radius 2 is 1.89 bits per heavy atom. The molecular formula is C15H29N3. The van der Waals surface area contributed by atoms with Crippen molar-refractivity contribution < 1.29 is 0 Å². The van der Waals surface area contributed by atoms with Crippen molar-refractivity contribution in [2.45, 2.75) is 57.7 Å². The molecular weight excluding hydrogens is 222 g/mol. The Labute approximate surface area is 112 Å². The van der Waals surface area contributed by atoms with Crippen LogP contribution in [0.25, 0.3) is 0 Å². The Morgan fingerprint density at radius 3 is 2.72 bits per heavy atom. The van der Waals surface area contributed by atoms with E-state index in [1.165, 1.54) is 58.4 Å². The van der Waals surface area contributed by atoms with Gasteiger partial charge in [0, 0.05) is 37.8 Å². The van der Waals surface area contributed by atoms with Gasteiger partial charge in [0.1, 0.15) is 0 Å². The molecule has 0 radical (unpaired) electrons. The highest BCUT2D eigenvalue weighted by Crippen LogP contribution is 2.27. The number of piperidine rings is 2. The van der Waals surface area contributed by atoms with E-state index in [1.54, 1.807) is 0 Å². The molecule has 3 aliphatic rings. The minimum Gasteiger partial charge on any atom is -0.315 e. The number of hydrogen-bond acceptors (Lipinski definition) is 3. The van der Waals surface area contributed by atoms with Crippen LogP contribution in [0.15, 0.2) is 0 Å². The molecule has 0 amide bonds. The van der Waals surface area contributed by atoms with Crippen molar-refractivity contribution >= 4 is 0 Å².